The van der Waals surface area contributed by atoms with E-state index in [0.717, 1.165) is 57.5 Å². The number of benzene rings is 2. The zero-order valence-corrected chi connectivity index (χ0v) is 19.6. The molecule has 1 aliphatic heterocycles. The Kier molecular flexibility index (Phi) is 5.61. The highest BCUT2D eigenvalue weighted by atomic mass is 35.5. The average Bonchev–Trinajstić information content (AvgIpc) is 3.37. The first-order valence-electron chi connectivity index (χ1n) is 10.7. The zero-order valence-electron chi connectivity index (χ0n) is 18.0. The number of aryl methyl sites for hydroxylation is 2. The molecule has 1 aliphatic rings. The van der Waals surface area contributed by atoms with Gasteiger partial charge < -0.3 is 10.2 Å². The lowest BCUT2D eigenvalue weighted by Crippen LogP contribution is -2.40. The van der Waals surface area contributed by atoms with E-state index < -0.39 is 0 Å². The molecule has 0 saturated carbocycles. The topological polar surface area (TPSA) is 63.1 Å². The Hall–Kier alpha value is -2.90. The highest BCUT2D eigenvalue weighted by Crippen LogP contribution is 2.34. The van der Waals surface area contributed by atoms with Gasteiger partial charge in [0.2, 0.25) is 5.91 Å². The number of carbonyl (C=O) groups is 1. The summed E-state index contributed by atoms with van der Waals surface area (Å²) in [5, 5.41) is 9.32. The SMILES string of the molecule is Cc1ccc(Cl)cc1NC(=O)[C@@H]1CCCN(c2nc3c(s2)c(C)nn3-c2ccccc2)C1. The molecule has 164 valence electrons. The Bertz CT molecular complexity index is 1280. The number of nitrogens with zero attached hydrogens (tertiary/aromatic N) is 4. The first-order chi connectivity index (χ1) is 15.5. The van der Waals surface area contributed by atoms with E-state index in [1.54, 1.807) is 17.4 Å². The molecule has 6 nitrogen and oxygen atoms in total. The lowest BCUT2D eigenvalue weighted by atomic mass is 9.97. The summed E-state index contributed by atoms with van der Waals surface area (Å²) in [6.07, 6.45) is 1.82. The Labute approximate surface area is 195 Å². The van der Waals surface area contributed by atoms with E-state index in [4.69, 9.17) is 16.6 Å². The smallest absolute Gasteiger partial charge is 0.229 e. The molecule has 1 amide bonds. The number of aromatic nitrogens is 3. The monoisotopic (exact) mass is 465 g/mol. The third-order valence-electron chi connectivity index (χ3n) is 5.90. The van der Waals surface area contributed by atoms with Crippen molar-refractivity contribution in [3.63, 3.8) is 0 Å². The molecule has 0 bridgehead atoms. The van der Waals surface area contributed by atoms with Gasteiger partial charge in [0.1, 0.15) is 0 Å². The third-order valence-corrected chi connectivity index (χ3v) is 7.35. The van der Waals surface area contributed by atoms with Gasteiger partial charge in [0, 0.05) is 23.8 Å². The van der Waals surface area contributed by atoms with Gasteiger partial charge in [-0.25, -0.2) is 4.68 Å². The summed E-state index contributed by atoms with van der Waals surface area (Å²) in [6, 6.07) is 15.6. The quantitative estimate of drug-likeness (QED) is 0.425. The third kappa shape index (κ3) is 3.98. The highest BCUT2D eigenvalue weighted by Gasteiger charge is 2.28. The lowest BCUT2D eigenvalue weighted by molar-refractivity contribution is -0.120. The second-order valence-electron chi connectivity index (χ2n) is 8.22. The van der Waals surface area contributed by atoms with Crippen molar-refractivity contribution in [1.82, 2.24) is 14.8 Å². The van der Waals surface area contributed by atoms with Gasteiger partial charge in [-0.05, 0) is 56.5 Å². The second-order valence-corrected chi connectivity index (χ2v) is 9.63. The standard InChI is InChI=1S/C24H24ClN5OS/c1-15-10-11-18(25)13-20(15)26-23(31)17-7-6-12-29(14-17)24-27-22-21(32-24)16(2)28-30(22)19-8-4-3-5-9-19/h3-5,8-11,13,17H,6-7,12,14H2,1-2H3,(H,26,31)/t17-/m1/s1. The van der Waals surface area contributed by atoms with Crippen LogP contribution in [0.3, 0.4) is 0 Å². The van der Waals surface area contributed by atoms with Gasteiger partial charge in [-0.3, -0.25) is 4.79 Å². The number of nitrogens with one attached hydrogen (secondary N) is 1. The molecule has 0 spiro atoms. The molecular formula is C24H24ClN5OS. The molecule has 1 fully saturated rings. The predicted molar refractivity (Wildman–Crippen MR) is 131 cm³/mol. The van der Waals surface area contributed by atoms with Crippen LogP contribution in [0, 0.1) is 19.8 Å². The van der Waals surface area contributed by atoms with Crippen molar-refractivity contribution in [3.05, 3.63) is 64.8 Å². The van der Waals surface area contributed by atoms with Crippen LogP contribution in [-0.2, 0) is 4.79 Å². The highest BCUT2D eigenvalue weighted by molar-refractivity contribution is 7.22. The summed E-state index contributed by atoms with van der Waals surface area (Å²) in [7, 11) is 0. The maximum Gasteiger partial charge on any atom is 0.229 e. The van der Waals surface area contributed by atoms with Crippen LogP contribution >= 0.6 is 22.9 Å². The molecule has 4 aromatic rings. The summed E-state index contributed by atoms with van der Waals surface area (Å²) in [4.78, 5) is 20.2. The number of fused-ring (bicyclic) bond motifs is 1. The summed E-state index contributed by atoms with van der Waals surface area (Å²) in [6.45, 7) is 5.54. The minimum atomic E-state index is -0.0964. The zero-order chi connectivity index (χ0) is 22.2. The molecule has 2 aromatic carbocycles. The summed E-state index contributed by atoms with van der Waals surface area (Å²) >= 11 is 7.76. The molecule has 1 N–H and O–H groups in total. The molecule has 0 unspecified atom stereocenters. The Morgan fingerprint density at radius 2 is 2.00 bits per heavy atom. The molecule has 2 aromatic heterocycles. The van der Waals surface area contributed by atoms with E-state index in [1.807, 2.05) is 61.0 Å². The largest absolute Gasteiger partial charge is 0.347 e. The van der Waals surface area contributed by atoms with Crippen molar-refractivity contribution in [2.45, 2.75) is 26.7 Å². The van der Waals surface area contributed by atoms with Crippen molar-refractivity contribution in [3.8, 4) is 5.69 Å². The number of hydrogen-bond acceptors (Lipinski definition) is 5. The molecular weight excluding hydrogens is 442 g/mol. The van der Waals surface area contributed by atoms with Crippen molar-refractivity contribution >= 4 is 50.0 Å². The number of rotatable bonds is 4. The van der Waals surface area contributed by atoms with Crippen molar-refractivity contribution in [2.24, 2.45) is 5.92 Å². The maximum absolute atomic E-state index is 13.0. The molecule has 0 radical (unpaired) electrons. The lowest BCUT2D eigenvalue weighted by Gasteiger charge is -2.31. The van der Waals surface area contributed by atoms with Gasteiger partial charge in [0.05, 0.1) is 22.0 Å². The van der Waals surface area contributed by atoms with Crippen LogP contribution in [0.2, 0.25) is 5.02 Å². The first-order valence-corrected chi connectivity index (χ1v) is 11.9. The minimum absolute atomic E-state index is 0.0350. The Balaban J connectivity index is 1.37. The predicted octanol–water partition coefficient (Wildman–Crippen LogP) is 5.61. The van der Waals surface area contributed by atoms with Crippen LogP contribution < -0.4 is 10.2 Å². The molecule has 3 heterocycles. The number of anilines is 2. The van der Waals surface area contributed by atoms with Crippen LogP contribution in [0.15, 0.2) is 48.5 Å². The molecule has 1 saturated heterocycles. The fourth-order valence-corrected chi connectivity index (χ4v) is 5.33. The van der Waals surface area contributed by atoms with E-state index >= 15 is 0 Å². The van der Waals surface area contributed by atoms with E-state index in [2.05, 4.69) is 15.3 Å². The maximum atomic E-state index is 13.0. The minimum Gasteiger partial charge on any atom is -0.347 e. The van der Waals surface area contributed by atoms with Gasteiger partial charge in [0.15, 0.2) is 10.8 Å². The van der Waals surface area contributed by atoms with E-state index in [-0.39, 0.29) is 11.8 Å². The normalized spacial score (nSPS) is 16.5. The Morgan fingerprint density at radius 3 is 2.81 bits per heavy atom. The van der Waals surface area contributed by atoms with Gasteiger partial charge in [-0.1, -0.05) is 47.2 Å². The number of amides is 1. The van der Waals surface area contributed by atoms with Crippen LogP contribution in [0.4, 0.5) is 10.8 Å². The number of piperidine rings is 1. The molecule has 5 rings (SSSR count). The summed E-state index contributed by atoms with van der Waals surface area (Å²) in [5.74, 6) is -0.0614. The van der Waals surface area contributed by atoms with Crippen molar-refractivity contribution in [1.29, 1.82) is 0 Å². The molecule has 32 heavy (non-hydrogen) atoms. The number of halogens is 1. The summed E-state index contributed by atoms with van der Waals surface area (Å²) < 4.78 is 2.99. The molecule has 0 aliphatic carbocycles. The van der Waals surface area contributed by atoms with Gasteiger partial charge in [-0.2, -0.15) is 10.1 Å². The first kappa shape index (κ1) is 21.0. The van der Waals surface area contributed by atoms with Gasteiger partial charge in [-0.15, -0.1) is 0 Å². The fourth-order valence-electron chi connectivity index (χ4n) is 4.14. The average molecular weight is 466 g/mol. The molecule has 1 atom stereocenters. The second kappa shape index (κ2) is 8.56. The van der Waals surface area contributed by atoms with Crippen LogP contribution in [0.5, 0.6) is 0 Å². The number of para-hydroxylation sites is 1. The Morgan fingerprint density at radius 1 is 1.19 bits per heavy atom. The van der Waals surface area contributed by atoms with E-state index in [1.165, 1.54) is 0 Å². The number of hydrogen-bond donors (Lipinski definition) is 1. The fraction of sp³-hybridized carbons (Fsp3) is 0.292. The van der Waals surface area contributed by atoms with Gasteiger partial charge >= 0.3 is 0 Å². The van der Waals surface area contributed by atoms with Crippen molar-refractivity contribution < 1.29 is 4.79 Å². The van der Waals surface area contributed by atoms with Crippen LogP contribution in [-0.4, -0.2) is 33.8 Å². The summed E-state index contributed by atoms with van der Waals surface area (Å²) in [5.41, 5.74) is 4.61. The molecule has 8 heteroatoms. The van der Waals surface area contributed by atoms with E-state index in [0.29, 0.717) is 11.6 Å². The van der Waals surface area contributed by atoms with Crippen LogP contribution in [0.25, 0.3) is 16.0 Å². The number of carbonyl (C=O) groups excluding carboxylic acids is 1. The van der Waals surface area contributed by atoms with E-state index in [9.17, 15) is 4.79 Å². The van der Waals surface area contributed by atoms with Gasteiger partial charge in [0.25, 0.3) is 0 Å². The van der Waals surface area contributed by atoms with Crippen molar-refractivity contribution in [2.75, 3.05) is 23.3 Å². The number of thiazole rings is 1. The van der Waals surface area contributed by atoms with Crippen LogP contribution in [0.1, 0.15) is 24.1 Å².